The average Bonchev–Trinajstić information content (AvgIpc) is 2.85. The summed E-state index contributed by atoms with van der Waals surface area (Å²) in [5.41, 5.74) is -0.769. The molecule has 0 heterocycles. The molecule has 1 amide bonds. The summed E-state index contributed by atoms with van der Waals surface area (Å²) in [6, 6.07) is 4.59. The van der Waals surface area contributed by atoms with Crippen LogP contribution in [0.25, 0.3) is 0 Å². The molecule has 20 heavy (non-hydrogen) atoms. The van der Waals surface area contributed by atoms with Crippen molar-refractivity contribution in [2.45, 2.75) is 25.3 Å². The fourth-order valence-corrected chi connectivity index (χ4v) is 2.38. The summed E-state index contributed by atoms with van der Waals surface area (Å²) in [7, 11) is 0. The number of nitrogens with one attached hydrogen (secondary N) is 1. The van der Waals surface area contributed by atoms with E-state index in [-0.39, 0.29) is 17.5 Å². The van der Waals surface area contributed by atoms with E-state index in [0.29, 0.717) is 18.9 Å². The summed E-state index contributed by atoms with van der Waals surface area (Å²) >= 11 is 0. The first-order chi connectivity index (χ1) is 9.52. The van der Waals surface area contributed by atoms with Crippen molar-refractivity contribution in [3.05, 3.63) is 39.7 Å². The second-order valence-corrected chi connectivity index (χ2v) is 4.67. The van der Waals surface area contributed by atoms with Gasteiger partial charge in [-0.2, -0.15) is 5.26 Å². The number of nitrogens with zero attached hydrogens (tertiary/aromatic N) is 2. The summed E-state index contributed by atoms with van der Waals surface area (Å²) in [5.74, 6) is -1.70. The standard InChI is InChI=1S/C13H12FN3O3/c14-9-4-5-10(12(6-9)17(19)20)13(18)16-11-3-1-2-8(11)7-15/h4-6,8,11H,1-3H2,(H,16,18). The molecule has 0 aromatic heterocycles. The molecule has 1 fully saturated rings. The highest BCUT2D eigenvalue weighted by atomic mass is 19.1. The van der Waals surface area contributed by atoms with Crippen molar-refractivity contribution in [1.82, 2.24) is 5.32 Å². The number of nitro groups is 1. The van der Waals surface area contributed by atoms with Crippen LogP contribution in [0.5, 0.6) is 0 Å². The van der Waals surface area contributed by atoms with E-state index in [1.165, 1.54) is 0 Å². The van der Waals surface area contributed by atoms with Gasteiger partial charge >= 0.3 is 0 Å². The highest BCUT2D eigenvalue weighted by Crippen LogP contribution is 2.26. The lowest BCUT2D eigenvalue weighted by Gasteiger charge is -2.15. The molecule has 2 unspecified atom stereocenters. The van der Waals surface area contributed by atoms with Gasteiger partial charge in [0.05, 0.1) is 23.0 Å². The van der Waals surface area contributed by atoms with Gasteiger partial charge in [-0.15, -0.1) is 0 Å². The van der Waals surface area contributed by atoms with Crippen LogP contribution in [-0.2, 0) is 0 Å². The molecule has 0 saturated heterocycles. The van der Waals surface area contributed by atoms with Crippen molar-refractivity contribution < 1.29 is 14.1 Å². The van der Waals surface area contributed by atoms with Crippen LogP contribution < -0.4 is 5.32 Å². The SMILES string of the molecule is N#CC1CCCC1NC(=O)c1ccc(F)cc1[N+](=O)[O-]. The normalized spacial score (nSPS) is 21.2. The molecule has 6 nitrogen and oxygen atoms in total. The molecule has 1 aliphatic rings. The molecule has 1 N–H and O–H groups in total. The number of nitriles is 1. The number of halogens is 1. The van der Waals surface area contributed by atoms with Crippen LogP contribution in [0.3, 0.4) is 0 Å². The summed E-state index contributed by atoms with van der Waals surface area (Å²) in [6.07, 6.45) is 2.20. The number of carbonyl (C=O) groups excluding carboxylic acids is 1. The van der Waals surface area contributed by atoms with Crippen molar-refractivity contribution in [3.8, 4) is 6.07 Å². The minimum Gasteiger partial charge on any atom is -0.348 e. The van der Waals surface area contributed by atoms with Crippen LogP contribution in [0.4, 0.5) is 10.1 Å². The topological polar surface area (TPSA) is 96.0 Å². The van der Waals surface area contributed by atoms with E-state index in [1.807, 2.05) is 0 Å². The van der Waals surface area contributed by atoms with Crippen LogP contribution in [0.15, 0.2) is 18.2 Å². The zero-order valence-electron chi connectivity index (χ0n) is 10.5. The van der Waals surface area contributed by atoms with Crippen molar-refractivity contribution >= 4 is 11.6 Å². The van der Waals surface area contributed by atoms with Crippen LogP contribution in [0.2, 0.25) is 0 Å². The van der Waals surface area contributed by atoms with Gasteiger partial charge in [-0.3, -0.25) is 14.9 Å². The number of nitro benzene ring substituents is 1. The van der Waals surface area contributed by atoms with Crippen molar-refractivity contribution in [2.75, 3.05) is 0 Å². The molecule has 0 radical (unpaired) electrons. The molecular weight excluding hydrogens is 265 g/mol. The van der Waals surface area contributed by atoms with Gasteiger partial charge in [-0.1, -0.05) is 0 Å². The van der Waals surface area contributed by atoms with E-state index in [9.17, 15) is 19.3 Å². The number of benzene rings is 1. The molecule has 0 aliphatic heterocycles. The van der Waals surface area contributed by atoms with Gasteiger partial charge in [0.25, 0.3) is 11.6 Å². The Bertz CT molecular complexity index is 597. The summed E-state index contributed by atoms with van der Waals surface area (Å²) in [5, 5.41) is 22.4. The highest BCUT2D eigenvalue weighted by Gasteiger charge is 2.30. The molecular formula is C13H12FN3O3. The van der Waals surface area contributed by atoms with Gasteiger partial charge < -0.3 is 5.32 Å². The third-order valence-electron chi connectivity index (χ3n) is 3.40. The largest absolute Gasteiger partial charge is 0.348 e. The van der Waals surface area contributed by atoms with Crippen LogP contribution in [0, 0.1) is 33.2 Å². The van der Waals surface area contributed by atoms with E-state index in [0.717, 1.165) is 18.6 Å². The van der Waals surface area contributed by atoms with E-state index in [4.69, 9.17) is 5.26 Å². The van der Waals surface area contributed by atoms with Gasteiger partial charge in [0.1, 0.15) is 11.4 Å². The first-order valence-electron chi connectivity index (χ1n) is 6.17. The van der Waals surface area contributed by atoms with Gasteiger partial charge in [-0.25, -0.2) is 4.39 Å². The van der Waals surface area contributed by atoms with Gasteiger partial charge in [0, 0.05) is 6.04 Å². The van der Waals surface area contributed by atoms with E-state index < -0.39 is 22.3 Å². The zero-order valence-corrected chi connectivity index (χ0v) is 10.5. The second-order valence-electron chi connectivity index (χ2n) is 4.67. The molecule has 1 aromatic rings. The molecule has 104 valence electrons. The monoisotopic (exact) mass is 277 g/mol. The summed E-state index contributed by atoms with van der Waals surface area (Å²) < 4.78 is 13.0. The predicted molar refractivity (Wildman–Crippen MR) is 67.3 cm³/mol. The second kappa shape index (κ2) is 5.65. The fourth-order valence-electron chi connectivity index (χ4n) is 2.38. The molecule has 2 rings (SSSR count). The average molecular weight is 277 g/mol. The van der Waals surface area contributed by atoms with E-state index >= 15 is 0 Å². The van der Waals surface area contributed by atoms with Gasteiger partial charge in [0.15, 0.2) is 0 Å². The van der Waals surface area contributed by atoms with Gasteiger partial charge in [-0.05, 0) is 31.4 Å². The lowest BCUT2D eigenvalue weighted by atomic mass is 10.0. The molecule has 1 aliphatic carbocycles. The Morgan fingerprint density at radius 2 is 2.25 bits per heavy atom. The molecule has 0 bridgehead atoms. The van der Waals surface area contributed by atoms with E-state index in [2.05, 4.69) is 11.4 Å². The summed E-state index contributed by atoms with van der Waals surface area (Å²) in [6.45, 7) is 0. The Morgan fingerprint density at radius 3 is 2.90 bits per heavy atom. The predicted octanol–water partition coefficient (Wildman–Crippen LogP) is 2.16. The summed E-state index contributed by atoms with van der Waals surface area (Å²) in [4.78, 5) is 22.1. The minimum atomic E-state index is -0.797. The lowest BCUT2D eigenvalue weighted by molar-refractivity contribution is -0.385. The molecule has 2 atom stereocenters. The van der Waals surface area contributed by atoms with Crippen molar-refractivity contribution in [2.24, 2.45) is 5.92 Å². The van der Waals surface area contributed by atoms with Crippen LogP contribution in [0.1, 0.15) is 29.6 Å². The number of carbonyl (C=O) groups is 1. The number of amides is 1. The van der Waals surface area contributed by atoms with E-state index in [1.54, 1.807) is 0 Å². The van der Waals surface area contributed by atoms with Crippen molar-refractivity contribution in [1.29, 1.82) is 5.26 Å². The highest BCUT2D eigenvalue weighted by molar-refractivity contribution is 5.98. The smallest absolute Gasteiger partial charge is 0.285 e. The first-order valence-corrected chi connectivity index (χ1v) is 6.17. The maximum Gasteiger partial charge on any atom is 0.285 e. The van der Waals surface area contributed by atoms with Crippen LogP contribution >= 0.6 is 0 Å². The molecule has 1 saturated carbocycles. The fraction of sp³-hybridized carbons (Fsp3) is 0.385. The third-order valence-corrected chi connectivity index (χ3v) is 3.40. The van der Waals surface area contributed by atoms with Crippen molar-refractivity contribution in [3.63, 3.8) is 0 Å². The molecule has 1 aromatic carbocycles. The molecule has 0 spiro atoms. The third kappa shape index (κ3) is 2.74. The Balaban J connectivity index is 2.22. The molecule has 7 heteroatoms. The van der Waals surface area contributed by atoms with Crippen LogP contribution in [-0.4, -0.2) is 16.9 Å². The Morgan fingerprint density at radius 1 is 1.50 bits per heavy atom. The maximum absolute atomic E-state index is 13.0. The first kappa shape index (κ1) is 13.9. The minimum absolute atomic E-state index is 0.194. The number of rotatable bonds is 3. The number of hydrogen-bond donors (Lipinski definition) is 1. The number of hydrogen-bond acceptors (Lipinski definition) is 4. The maximum atomic E-state index is 13.0. The quantitative estimate of drug-likeness (QED) is 0.676. The lowest BCUT2D eigenvalue weighted by Crippen LogP contribution is -2.37. The Hall–Kier alpha value is -2.49. The Labute approximate surface area is 114 Å². The zero-order chi connectivity index (χ0) is 14.7. The Kier molecular flexibility index (Phi) is 3.94. The van der Waals surface area contributed by atoms with Gasteiger partial charge in [0.2, 0.25) is 0 Å².